The lowest BCUT2D eigenvalue weighted by molar-refractivity contribution is -0.128. The van der Waals surface area contributed by atoms with E-state index in [1.54, 1.807) is 25.4 Å². The van der Waals surface area contributed by atoms with Crippen molar-refractivity contribution >= 4 is 23.3 Å². The van der Waals surface area contributed by atoms with Gasteiger partial charge in [-0.25, -0.2) is 9.97 Å². The molecular formula is C32H33N5O3. The molecule has 0 spiro atoms. The van der Waals surface area contributed by atoms with E-state index >= 15 is 0 Å². The van der Waals surface area contributed by atoms with Gasteiger partial charge in [0.05, 0.1) is 5.69 Å². The van der Waals surface area contributed by atoms with E-state index in [9.17, 15) is 9.59 Å². The summed E-state index contributed by atoms with van der Waals surface area (Å²) in [5.74, 6) is 0.0492. The minimum absolute atomic E-state index is 0.155. The van der Waals surface area contributed by atoms with Gasteiger partial charge in [0.2, 0.25) is 0 Å². The molecule has 0 saturated heterocycles. The smallest absolute Gasteiger partial charge is 0.257 e. The number of rotatable bonds is 7. The second-order valence-corrected chi connectivity index (χ2v) is 11.2. The molecule has 1 fully saturated rings. The van der Waals surface area contributed by atoms with Crippen molar-refractivity contribution in [1.29, 1.82) is 0 Å². The van der Waals surface area contributed by atoms with Crippen LogP contribution in [0.4, 0.5) is 11.5 Å². The molecule has 0 bridgehead atoms. The van der Waals surface area contributed by atoms with Crippen molar-refractivity contribution in [1.82, 2.24) is 15.0 Å². The SMILES string of the molecule is COC1(C(=O)Nc2cc(-c3cccc(-c4cc(NC(=O)c5ccnc(C(C)(C)C)c5)ccc4C)c3)ncn2)CC1. The number of hydrogen-bond donors (Lipinski definition) is 2. The number of aromatic nitrogens is 3. The van der Waals surface area contributed by atoms with Gasteiger partial charge < -0.3 is 15.4 Å². The maximum atomic E-state index is 13.1. The lowest BCUT2D eigenvalue weighted by atomic mass is 9.91. The summed E-state index contributed by atoms with van der Waals surface area (Å²) in [4.78, 5) is 38.7. The molecule has 2 aromatic carbocycles. The van der Waals surface area contributed by atoms with Crippen LogP contribution >= 0.6 is 0 Å². The fourth-order valence-electron chi connectivity index (χ4n) is 4.49. The summed E-state index contributed by atoms with van der Waals surface area (Å²) in [6.07, 6.45) is 4.52. The Labute approximate surface area is 234 Å². The van der Waals surface area contributed by atoms with Crippen molar-refractivity contribution in [3.05, 3.63) is 90.0 Å². The number of nitrogens with one attached hydrogen (secondary N) is 2. The van der Waals surface area contributed by atoms with Gasteiger partial charge in [-0.1, -0.05) is 45.0 Å². The molecule has 1 aliphatic carbocycles. The van der Waals surface area contributed by atoms with Gasteiger partial charge in [0.15, 0.2) is 0 Å². The molecule has 2 aromatic heterocycles. The van der Waals surface area contributed by atoms with E-state index in [4.69, 9.17) is 4.74 Å². The van der Waals surface area contributed by atoms with Gasteiger partial charge in [-0.2, -0.15) is 0 Å². The molecule has 2 N–H and O–H groups in total. The Bertz CT molecular complexity index is 1590. The fraction of sp³-hybridized carbons (Fsp3) is 0.281. The number of pyridine rings is 1. The Balaban J connectivity index is 1.38. The first-order chi connectivity index (χ1) is 19.1. The van der Waals surface area contributed by atoms with Gasteiger partial charge in [-0.3, -0.25) is 14.6 Å². The average Bonchev–Trinajstić information content (AvgIpc) is 3.76. The largest absolute Gasteiger partial charge is 0.368 e. The number of aryl methyl sites for hydroxylation is 1. The third kappa shape index (κ3) is 5.77. The number of carbonyl (C=O) groups excluding carboxylic acids is 2. The van der Waals surface area contributed by atoms with E-state index in [2.05, 4.69) is 46.4 Å². The molecule has 4 aromatic rings. The highest BCUT2D eigenvalue weighted by Gasteiger charge is 2.50. The molecule has 2 heterocycles. The van der Waals surface area contributed by atoms with E-state index in [0.717, 1.165) is 27.9 Å². The van der Waals surface area contributed by atoms with Crippen LogP contribution in [-0.2, 0) is 14.9 Å². The summed E-state index contributed by atoms with van der Waals surface area (Å²) in [5, 5.41) is 5.88. The van der Waals surface area contributed by atoms with Crippen LogP contribution in [0.1, 0.15) is 55.2 Å². The minimum Gasteiger partial charge on any atom is -0.368 e. The summed E-state index contributed by atoms with van der Waals surface area (Å²) >= 11 is 0. The Morgan fingerprint density at radius 3 is 2.40 bits per heavy atom. The molecule has 0 aliphatic heterocycles. The van der Waals surface area contributed by atoms with Crippen LogP contribution in [0.25, 0.3) is 22.4 Å². The minimum atomic E-state index is -0.741. The molecule has 2 amide bonds. The van der Waals surface area contributed by atoms with Crippen molar-refractivity contribution in [3.63, 3.8) is 0 Å². The maximum absolute atomic E-state index is 13.1. The van der Waals surface area contributed by atoms with Crippen LogP contribution in [-0.4, -0.2) is 39.5 Å². The quantitative estimate of drug-likeness (QED) is 0.293. The van der Waals surface area contributed by atoms with E-state index in [1.807, 2.05) is 55.5 Å². The highest BCUT2D eigenvalue weighted by atomic mass is 16.5. The Kier molecular flexibility index (Phi) is 7.21. The molecule has 204 valence electrons. The van der Waals surface area contributed by atoms with Gasteiger partial charge >= 0.3 is 0 Å². The Morgan fingerprint density at radius 1 is 0.900 bits per heavy atom. The van der Waals surface area contributed by atoms with Gasteiger partial charge in [-0.05, 0) is 66.8 Å². The lowest BCUT2D eigenvalue weighted by Gasteiger charge is -2.18. The monoisotopic (exact) mass is 535 g/mol. The number of ether oxygens (including phenoxy) is 1. The average molecular weight is 536 g/mol. The molecule has 1 saturated carbocycles. The van der Waals surface area contributed by atoms with Crippen LogP contribution < -0.4 is 10.6 Å². The van der Waals surface area contributed by atoms with Crippen molar-refractivity contribution in [2.24, 2.45) is 0 Å². The third-order valence-corrected chi connectivity index (χ3v) is 7.17. The first kappa shape index (κ1) is 27.1. The predicted molar refractivity (Wildman–Crippen MR) is 156 cm³/mol. The zero-order valence-corrected chi connectivity index (χ0v) is 23.4. The zero-order valence-electron chi connectivity index (χ0n) is 23.4. The highest BCUT2D eigenvalue weighted by Crippen LogP contribution is 2.40. The van der Waals surface area contributed by atoms with Crippen molar-refractivity contribution in [2.45, 2.75) is 51.6 Å². The summed E-state index contributed by atoms with van der Waals surface area (Å²) in [6, 6.07) is 19.2. The van der Waals surface area contributed by atoms with Gasteiger partial charge in [0.25, 0.3) is 11.8 Å². The normalized spacial score (nSPS) is 13.9. The molecule has 8 heteroatoms. The molecular weight excluding hydrogens is 502 g/mol. The highest BCUT2D eigenvalue weighted by molar-refractivity contribution is 6.04. The van der Waals surface area contributed by atoms with Crippen molar-refractivity contribution < 1.29 is 14.3 Å². The topological polar surface area (TPSA) is 106 Å². The number of amides is 2. The summed E-state index contributed by atoms with van der Waals surface area (Å²) in [5.41, 5.74) is 5.82. The molecule has 0 radical (unpaired) electrons. The van der Waals surface area contributed by atoms with Crippen molar-refractivity contribution in [3.8, 4) is 22.4 Å². The van der Waals surface area contributed by atoms with Crippen LogP contribution in [0.3, 0.4) is 0 Å². The standard InChI is InChI=1S/C32H33N5O3/c1-20-9-10-24(36-29(38)23-11-14-33-27(16-23)31(2,3)4)17-25(20)21-7-6-8-22(15-21)26-18-28(35-19-34-26)37-30(39)32(40-5)12-13-32/h6-11,14-19H,12-13H2,1-5H3,(H,36,38)(H,34,35,37,39). The molecule has 8 nitrogen and oxygen atoms in total. The third-order valence-electron chi connectivity index (χ3n) is 7.17. The van der Waals surface area contributed by atoms with Crippen molar-refractivity contribution in [2.75, 3.05) is 17.7 Å². The fourth-order valence-corrected chi connectivity index (χ4v) is 4.49. The van der Waals surface area contributed by atoms with Gasteiger partial charge in [0.1, 0.15) is 17.7 Å². The predicted octanol–water partition coefficient (Wildman–Crippen LogP) is 6.18. The first-order valence-electron chi connectivity index (χ1n) is 13.3. The first-order valence-corrected chi connectivity index (χ1v) is 13.3. The van der Waals surface area contributed by atoms with E-state index in [1.165, 1.54) is 6.33 Å². The van der Waals surface area contributed by atoms with E-state index in [0.29, 0.717) is 35.6 Å². The molecule has 0 atom stereocenters. The lowest BCUT2D eigenvalue weighted by Crippen LogP contribution is -2.31. The molecule has 0 unspecified atom stereocenters. The van der Waals surface area contributed by atoms with Crippen LogP contribution in [0.15, 0.2) is 73.2 Å². The number of hydrogen-bond acceptors (Lipinski definition) is 6. The number of benzene rings is 2. The second-order valence-electron chi connectivity index (χ2n) is 11.2. The summed E-state index contributed by atoms with van der Waals surface area (Å²) in [7, 11) is 1.55. The van der Waals surface area contributed by atoms with E-state index < -0.39 is 5.60 Å². The van der Waals surface area contributed by atoms with Crippen LogP contribution in [0.5, 0.6) is 0 Å². The maximum Gasteiger partial charge on any atom is 0.257 e. The number of nitrogens with zero attached hydrogens (tertiary/aromatic N) is 3. The van der Waals surface area contributed by atoms with E-state index in [-0.39, 0.29) is 17.2 Å². The van der Waals surface area contributed by atoms with Gasteiger partial charge in [-0.15, -0.1) is 0 Å². The summed E-state index contributed by atoms with van der Waals surface area (Å²) < 4.78 is 5.37. The van der Waals surface area contributed by atoms with Gasteiger partial charge in [0, 0.05) is 47.3 Å². The molecule has 40 heavy (non-hydrogen) atoms. The molecule has 5 rings (SSSR count). The van der Waals surface area contributed by atoms with Crippen LogP contribution in [0, 0.1) is 6.92 Å². The number of carbonyl (C=O) groups is 2. The summed E-state index contributed by atoms with van der Waals surface area (Å²) in [6.45, 7) is 8.24. The van der Waals surface area contributed by atoms with Crippen LogP contribution in [0.2, 0.25) is 0 Å². The second kappa shape index (κ2) is 10.6. The Morgan fingerprint density at radius 2 is 1.68 bits per heavy atom. The number of methoxy groups -OCH3 is 1. The Hall–Kier alpha value is -4.43. The number of anilines is 2. The zero-order chi connectivity index (χ0) is 28.5. The molecule has 1 aliphatic rings.